The molecule has 0 spiro atoms. The Morgan fingerprint density at radius 2 is 1.68 bits per heavy atom. The molecule has 8 nitrogen and oxygen atoms in total. The highest BCUT2D eigenvalue weighted by atomic mass is 16.5. The van der Waals surface area contributed by atoms with Crippen LogP contribution in [0.25, 0.3) is 5.69 Å². The van der Waals surface area contributed by atoms with Gasteiger partial charge in [0.05, 0.1) is 11.4 Å². The van der Waals surface area contributed by atoms with Gasteiger partial charge in [0.15, 0.2) is 12.3 Å². The van der Waals surface area contributed by atoms with Gasteiger partial charge in [0.25, 0.3) is 11.8 Å². The van der Waals surface area contributed by atoms with Crippen molar-refractivity contribution < 1.29 is 14.3 Å². The molecule has 0 atom stereocenters. The second kappa shape index (κ2) is 10.4. The summed E-state index contributed by atoms with van der Waals surface area (Å²) >= 11 is 0. The first-order chi connectivity index (χ1) is 16.5. The highest BCUT2D eigenvalue weighted by Crippen LogP contribution is 2.21. The maximum absolute atomic E-state index is 12.5. The van der Waals surface area contributed by atoms with Crippen molar-refractivity contribution in [3.05, 3.63) is 107 Å². The van der Waals surface area contributed by atoms with Crippen molar-refractivity contribution in [1.29, 1.82) is 0 Å². The number of aryl methyl sites for hydroxylation is 1. The van der Waals surface area contributed by atoms with Crippen LogP contribution in [-0.4, -0.2) is 33.4 Å². The molecule has 1 aromatic heterocycles. The van der Waals surface area contributed by atoms with E-state index in [2.05, 4.69) is 21.2 Å². The number of aromatic nitrogens is 3. The quantitative estimate of drug-likeness (QED) is 0.417. The van der Waals surface area contributed by atoms with Crippen molar-refractivity contribution in [3.63, 3.8) is 0 Å². The first kappa shape index (κ1) is 22.7. The smallest absolute Gasteiger partial charge is 0.292 e. The number of hydrazine groups is 1. The van der Waals surface area contributed by atoms with Crippen LogP contribution in [0, 0.1) is 13.8 Å². The fraction of sp³-hybridized carbons (Fsp3) is 0.154. The maximum Gasteiger partial charge on any atom is 0.292 e. The zero-order valence-corrected chi connectivity index (χ0v) is 19.0. The fourth-order valence-corrected chi connectivity index (χ4v) is 3.52. The summed E-state index contributed by atoms with van der Waals surface area (Å²) in [4.78, 5) is 24.8. The zero-order chi connectivity index (χ0) is 23.9. The average molecular weight is 456 g/mol. The summed E-state index contributed by atoms with van der Waals surface area (Å²) in [5.74, 6) is -0.439. The third kappa shape index (κ3) is 5.47. The minimum absolute atomic E-state index is 0.121. The Morgan fingerprint density at radius 3 is 2.47 bits per heavy atom. The van der Waals surface area contributed by atoms with Crippen LogP contribution in [0.4, 0.5) is 0 Å². The van der Waals surface area contributed by atoms with Crippen molar-refractivity contribution in [3.8, 4) is 11.4 Å². The summed E-state index contributed by atoms with van der Waals surface area (Å²) < 4.78 is 7.29. The molecule has 0 fully saturated rings. The predicted octanol–water partition coefficient (Wildman–Crippen LogP) is 3.31. The molecule has 0 saturated heterocycles. The lowest BCUT2D eigenvalue weighted by atomic mass is 10.0. The summed E-state index contributed by atoms with van der Waals surface area (Å²) in [5, 5.41) is 8.03. The van der Waals surface area contributed by atoms with Gasteiger partial charge in [0, 0.05) is 6.42 Å². The Labute approximate surface area is 197 Å². The molecule has 34 heavy (non-hydrogen) atoms. The van der Waals surface area contributed by atoms with E-state index in [1.807, 2.05) is 85.8 Å². The molecule has 172 valence electrons. The number of nitrogens with one attached hydrogen (secondary N) is 2. The number of hydrogen-bond donors (Lipinski definition) is 2. The van der Waals surface area contributed by atoms with Gasteiger partial charge in [-0.25, -0.2) is 4.68 Å². The molecule has 8 heteroatoms. The minimum atomic E-state index is -0.561. The topological polar surface area (TPSA) is 98.1 Å². The molecule has 0 aliphatic heterocycles. The monoisotopic (exact) mass is 455 g/mol. The molecule has 4 rings (SSSR count). The van der Waals surface area contributed by atoms with Gasteiger partial charge in [0.2, 0.25) is 0 Å². The van der Waals surface area contributed by atoms with Gasteiger partial charge in [-0.1, -0.05) is 65.9 Å². The normalized spacial score (nSPS) is 10.5. The van der Waals surface area contributed by atoms with E-state index >= 15 is 0 Å². The Morgan fingerprint density at radius 1 is 0.912 bits per heavy atom. The summed E-state index contributed by atoms with van der Waals surface area (Å²) in [6.07, 6.45) is 0.686. The van der Waals surface area contributed by atoms with Crippen molar-refractivity contribution in [2.45, 2.75) is 20.3 Å². The van der Waals surface area contributed by atoms with Gasteiger partial charge in [-0.2, -0.15) is 0 Å². The average Bonchev–Trinajstić information content (AvgIpc) is 3.24. The first-order valence-corrected chi connectivity index (χ1v) is 10.8. The van der Waals surface area contributed by atoms with Crippen LogP contribution in [0.1, 0.15) is 32.9 Å². The number of carbonyl (C=O) groups is 2. The van der Waals surface area contributed by atoms with Crippen LogP contribution in [0.5, 0.6) is 5.75 Å². The van der Waals surface area contributed by atoms with Crippen LogP contribution in [0.15, 0.2) is 78.9 Å². The number of rotatable bonds is 7. The second-order valence-corrected chi connectivity index (χ2v) is 7.84. The molecule has 2 N–H and O–H groups in total. The number of amides is 2. The van der Waals surface area contributed by atoms with E-state index in [4.69, 9.17) is 4.74 Å². The minimum Gasteiger partial charge on any atom is -0.483 e. The number of hydrogen-bond acceptors (Lipinski definition) is 5. The SMILES string of the molecule is Cc1cccc(-n2nnc(C(=O)NNC(=O)COc3ccccc3Cc3ccccc3)c2C)c1. The van der Waals surface area contributed by atoms with Gasteiger partial charge < -0.3 is 4.74 Å². The summed E-state index contributed by atoms with van der Waals surface area (Å²) in [6.45, 7) is 3.47. The van der Waals surface area contributed by atoms with Crippen molar-refractivity contribution in [1.82, 2.24) is 25.8 Å². The van der Waals surface area contributed by atoms with E-state index < -0.39 is 11.8 Å². The maximum atomic E-state index is 12.5. The van der Waals surface area contributed by atoms with Crippen LogP contribution < -0.4 is 15.6 Å². The van der Waals surface area contributed by atoms with E-state index in [0.29, 0.717) is 17.9 Å². The largest absolute Gasteiger partial charge is 0.483 e. The van der Waals surface area contributed by atoms with Crippen LogP contribution in [-0.2, 0) is 11.2 Å². The van der Waals surface area contributed by atoms with Crippen LogP contribution >= 0.6 is 0 Å². The van der Waals surface area contributed by atoms with Crippen molar-refractivity contribution in [2.24, 2.45) is 0 Å². The molecule has 0 saturated carbocycles. The second-order valence-electron chi connectivity index (χ2n) is 7.84. The Bertz CT molecular complexity index is 1300. The Kier molecular flexibility index (Phi) is 6.98. The Balaban J connectivity index is 1.33. The zero-order valence-electron chi connectivity index (χ0n) is 19.0. The molecule has 3 aromatic carbocycles. The molecule has 0 unspecified atom stereocenters. The van der Waals surface area contributed by atoms with Gasteiger partial charge >= 0.3 is 0 Å². The van der Waals surface area contributed by atoms with Gasteiger partial charge in [-0.15, -0.1) is 5.10 Å². The van der Waals surface area contributed by atoms with E-state index in [1.165, 1.54) is 0 Å². The van der Waals surface area contributed by atoms with Crippen molar-refractivity contribution >= 4 is 11.8 Å². The third-order valence-electron chi connectivity index (χ3n) is 5.24. The standard InChI is InChI=1S/C26H25N5O3/c1-18-9-8-13-22(15-18)31-19(2)25(28-30-31)26(33)29-27-24(32)17-34-23-14-7-6-12-21(23)16-20-10-4-3-5-11-20/h3-15H,16-17H2,1-2H3,(H,27,32)(H,29,33). The first-order valence-electron chi connectivity index (χ1n) is 10.8. The summed E-state index contributed by atoms with van der Waals surface area (Å²) in [6, 6.07) is 25.3. The number of benzene rings is 3. The lowest BCUT2D eigenvalue weighted by Crippen LogP contribution is -2.44. The fourth-order valence-electron chi connectivity index (χ4n) is 3.52. The van der Waals surface area contributed by atoms with E-state index in [-0.39, 0.29) is 12.3 Å². The molecule has 4 aromatic rings. The molecule has 0 radical (unpaired) electrons. The van der Waals surface area contributed by atoms with Gasteiger partial charge in [0.1, 0.15) is 5.75 Å². The summed E-state index contributed by atoms with van der Waals surface area (Å²) in [5.41, 5.74) is 9.39. The highest BCUT2D eigenvalue weighted by Gasteiger charge is 2.18. The van der Waals surface area contributed by atoms with E-state index in [0.717, 1.165) is 22.4 Å². The number of ether oxygens (including phenoxy) is 1. The Hall–Kier alpha value is -4.46. The lowest BCUT2D eigenvalue weighted by molar-refractivity contribution is -0.123. The van der Waals surface area contributed by atoms with Gasteiger partial charge in [-0.05, 0) is 48.7 Å². The number of nitrogens with zero attached hydrogens (tertiary/aromatic N) is 3. The van der Waals surface area contributed by atoms with Crippen LogP contribution in [0.2, 0.25) is 0 Å². The molecular weight excluding hydrogens is 430 g/mol. The highest BCUT2D eigenvalue weighted by molar-refractivity contribution is 5.94. The molecule has 0 aliphatic carbocycles. The number of carbonyl (C=O) groups excluding carboxylic acids is 2. The molecule has 1 heterocycles. The predicted molar refractivity (Wildman–Crippen MR) is 128 cm³/mol. The molecular formula is C26H25N5O3. The molecule has 0 bridgehead atoms. The number of para-hydroxylation sites is 1. The lowest BCUT2D eigenvalue weighted by Gasteiger charge is -2.12. The van der Waals surface area contributed by atoms with E-state index in [9.17, 15) is 9.59 Å². The van der Waals surface area contributed by atoms with Crippen LogP contribution in [0.3, 0.4) is 0 Å². The molecule has 2 amide bonds. The summed E-state index contributed by atoms with van der Waals surface area (Å²) in [7, 11) is 0. The molecule has 0 aliphatic rings. The van der Waals surface area contributed by atoms with Gasteiger partial charge in [-0.3, -0.25) is 20.4 Å². The van der Waals surface area contributed by atoms with Crippen molar-refractivity contribution in [2.75, 3.05) is 6.61 Å². The third-order valence-corrected chi connectivity index (χ3v) is 5.24. The van der Waals surface area contributed by atoms with E-state index in [1.54, 1.807) is 11.6 Å².